The average molecular weight is 555 g/mol. The minimum atomic E-state index is -3.80. The lowest BCUT2D eigenvalue weighted by Crippen LogP contribution is -2.42. The first kappa shape index (κ1) is 25.2. The van der Waals surface area contributed by atoms with Crippen molar-refractivity contribution in [1.82, 2.24) is 14.2 Å². The summed E-state index contributed by atoms with van der Waals surface area (Å²) in [6.07, 6.45) is 4.48. The Balaban J connectivity index is 1.52. The van der Waals surface area contributed by atoms with E-state index >= 15 is 0 Å². The highest BCUT2D eigenvalue weighted by Crippen LogP contribution is 2.33. The van der Waals surface area contributed by atoms with E-state index in [4.69, 9.17) is 4.74 Å². The van der Waals surface area contributed by atoms with Gasteiger partial charge in [0.15, 0.2) is 0 Å². The van der Waals surface area contributed by atoms with Gasteiger partial charge in [0, 0.05) is 47.6 Å². The van der Waals surface area contributed by atoms with Crippen LogP contribution in [0.5, 0.6) is 0 Å². The molecule has 34 heavy (non-hydrogen) atoms. The van der Waals surface area contributed by atoms with Gasteiger partial charge in [0.1, 0.15) is 10.5 Å². The van der Waals surface area contributed by atoms with E-state index < -0.39 is 21.7 Å². The number of sulfonamides is 1. The van der Waals surface area contributed by atoms with Crippen LogP contribution in [0.2, 0.25) is 0 Å². The molecule has 4 rings (SSSR count). The monoisotopic (exact) mass is 553 g/mol. The summed E-state index contributed by atoms with van der Waals surface area (Å²) in [7, 11) is -3.80. The van der Waals surface area contributed by atoms with Crippen LogP contribution >= 0.6 is 15.9 Å². The molecular formula is C24H32BrN3O5S. The summed E-state index contributed by atoms with van der Waals surface area (Å²) in [4.78, 5) is 25.1. The number of ether oxygens (including phenoxy) is 1. The van der Waals surface area contributed by atoms with E-state index in [0.717, 1.165) is 17.3 Å². The largest absolute Gasteiger partial charge is 0.444 e. The van der Waals surface area contributed by atoms with Crippen LogP contribution in [-0.2, 0) is 21.3 Å². The third kappa shape index (κ3) is 5.83. The first-order valence-electron chi connectivity index (χ1n) is 11.7. The summed E-state index contributed by atoms with van der Waals surface area (Å²) in [5.74, 6) is 0.614. The molecule has 0 unspecified atom stereocenters. The number of piperidine rings is 1. The van der Waals surface area contributed by atoms with Gasteiger partial charge in [-0.05, 0) is 76.5 Å². The Bertz CT molecular complexity index is 1240. The zero-order valence-corrected chi connectivity index (χ0v) is 22.2. The molecule has 2 fully saturated rings. The van der Waals surface area contributed by atoms with Crippen LogP contribution in [0.4, 0.5) is 4.79 Å². The smallest absolute Gasteiger partial charge is 0.407 e. The molecule has 186 valence electrons. The molecule has 8 nitrogen and oxygen atoms in total. The van der Waals surface area contributed by atoms with Crippen molar-refractivity contribution in [2.24, 2.45) is 11.8 Å². The van der Waals surface area contributed by atoms with Gasteiger partial charge in [-0.3, -0.25) is 4.79 Å². The summed E-state index contributed by atoms with van der Waals surface area (Å²) in [6.45, 7) is 7.15. The van der Waals surface area contributed by atoms with E-state index in [1.54, 1.807) is 22.8 Å². The molecule has 1 saturated carbocycles. The van der Waals surface area contributed by atoms with Gasteiger partial charge in [0.25, 0.3) is 5.56 Å². The first-order chi connectivity index (χ1) is 15.9. The fourth-order valence-corrected chi connectivity index (χ4v) is 6.32. The number of halogens is 1. The van der Waals surface area contributed by atoms with Crippen LogP contribution in [0.1, 0.15) is 46.5 Å². The zero-order valence-electron chi connectivity index (χ0n) is 19.8. The molecule has 10 heteroatoms. The lowest BCUT2D eigenvalue weighted by molar-refractivity contribution is 0.0513. The number of pyridine rings is 1. The van der Waals surface area contributed by atoms with Crippen molar-refractivity contribution in [3.05, 3.63) is 39.2 Å². The highest BCUT2D eigenvalue weighted by atomic mass is 79.9. The molecule has 1 aliphatic heterocycles. The molecule has 1 N–H and O–H groups in total. The van der Waals surface area contributed by atoms with E-state index in [2.05, 4.69) is 21.2 Å². The number of carbonyl (C=O) groups is 1. The highest BCUT2D eigenvalue weighted by Gasteiger charge is 2.32. The summed E-state index contributed by atoms with van der Waals surface area (Å²) in [6, 6.07) is 5.17. The number of fused-ring (bicyclic) bond motifs is 1. The highest BCUT2D eigenvalue weighted by molar-refractivity contribution is 9.10. The number of rotatable bonds is 6. The molecular weight excluding hydrogens is 522 g/mol. The Hall–Kier alpha value is -1.91. The number of amides is 1. The Morgan fingerprint density at radius 3 is 2.41 bits per heavy atom. The van der Waals surface area contributed by atoms with Crippen molar-refractivity contribution >= 4 is 42.8 Å². The third-order valence-electron chi connectivity index (χ3n) is 6.29. The molecule has 2 aromatic rings. The molecule has 1 saturated heterocycles. The normalized spacial score (nSPS) is 18.2. The third-order valence-corrected chi connectivity index (χ3v) is 8.71. The number of benzene rings is 1. The standard InChI is InChI=1S/C24H32BrN3O5S/c1-24(2,3)33-23(30)26-13-16-8-10-28(11-9-16)34(31,32)21-15-27(14-17-4-5-17)22(29)19-7-6-18(25)12-20(19)21/h6-7,12,15-17H,4-5,8-11,13-14H2,1-3H3,(H,26,30). The van der Waals surface area contributed by atoms with Gasteiger partial charge < -0.3 is 14.6 Å². The second-order valence-electron chi connectivity index (χ2n) is 10.3. The van der Waals surface area contributed by atoms with Crippen molar-refractivity contribution in [2.45, 2.75) is 63.5 Å². The minimum absolute atomic E-state index is 0.153. The maximum absolute atomic E-state index is 13.7. The van der Waals surface area contributed by atoms with Gasteiger partial charge in [-0.15, -0.1) is 0 Å². The van der Waals surface area contributed by atoms with Crippen molar-refractivity contribution in [3.63, 3.8) is 0 Å². The van der Waals surface area contributed by atoms with Crippen LogP contribution < -0.4 is 10.9 Å². The maximum atomic E-state index is 13.7. The van der Waals surface area contributed by atoms with Crippen molar-refractivity contribution in [1.29, 1.82) is 0 Å². The van der Waals surface area contributed by atoms with E-state index in [-0.39, 0.29) is 16.4 Å². The zero-order chi connectivity index (χ0) is 24.7. The number of aromatic nitrogens is 1. The minimum Gasteiger partial charge on any atom is -0.444 e. The quantitative estimate of drug-likeness (QED) is 0.580. The molecule has 0 radical (unpaired) electrons. The summed E-state index contributed by atoms with van der Waals surface area (Å²) in [5.41, 5.74) is -0.713. The molecule has 1 aliphatic carbocycles. The molecule has 0 spiro atoms. The van der Waals surface area contributed by atoms with Crippen LogP contribution in [0.3, 0.4) is 0 Å². The number of hydrogen-bond donors (Lipinski definition) is 1. The summed E-state index contributed by atoms with van der Waals surface area (Å²) in [5, 5.41) is 3.65. The number of hydrogen-bond acceptors (Lipinski definition) is 5. The Morgan fingerprint density at radius 1 is 1.12 bits per heavy atom. The number of nitrogens with one attached hydrogen (secondary N) is 1. The topological polar surface area (TPSA) is 97.7 Å². The number of nitrogens with zero attached hydrogens (tertiary/aromatic N) is 2. The van der Waals surface area contributed by atoms with Gasteiger partial charge in [0.2, 0.25) is 10.0 Å². The Labute approximate surface area is 208 Å². The SMILES string of the molecule is CC(C)(C)OC(=O)NCC1CCN(S(=O)(=O)c2cn(CC3CC3)c(=O)c3ccc(Br)cc23)CC1. The van der Waals surface area contributed by atoms with E-state index in [1.807, 2.05) is 20.8 Å². The van der Waals surface area contributed by atoms with Crippen LogP contribution in [0.25, 0.3) is 10.8 Å². The maximum Gasteiger partial charge on any atom is 0.407 e. The molecule has 2 aliphatic rings. The number of carbonyl (C=O) groups excluding carboxylic acids is 1. The predicted octanol–water partition coefficient (Wildman–Crippen LogP) is 4.10. The lowest BCUT2D eigenvalue weighted by atomic mass is 9.98. The van der Waals surface area contributed by atoms with Gasteiger partial charge >= 0.3 is 6.09 Å². The molecule has 0 bridgehead atoms. The fraction of sp³-hybridized carbons (Fsp3) is 0.583. The van der Waals surface area contributed by atoms with Gasteiger partial charge in [-0.2, -0.15) is 4.31 Å². The van der Waals surface area contributed by atoms with Gasteiger partial charge in [-0.25, -0.2) is 13.2 Å². The first-order valence-corrected chi connectivity index (χ1v) is 14.0. The summed E-state index contributed by atoms with van der Waals surface area (Å²) < 4.78 is 36.5. The Morgan fingerprint density at radius 2 is 1.79 bits per heavy atom. The van der Waals surface area contributed by atoms with Crippen molar-refractivity contribution in [3.8, 4) is 0 Å². The van der Waals surface area contributed by atoms with Crippen molar-refractivity contribution in [2.75, 3.05) is 19.6 Å². The lowest BCUT2D eigenvalue weighted by Gasteiger charge is -2.32. The molecule has 1 aromatic carbocycles. The second kappa shape index (κ2) is 9.62. The van der Waals surface area contributed by atoms with Gasteiger partial charge in [-0.1, -0.05) is 15.9 Å². The molecule has 2 heterocycles. The van der Waals surface area contributed by atoms with Crippen LogP contribution in [0.15, 0.2) is 38.6 Å². The molecule has 0 atom stereocenters. The summed E-state index contributed by atoms with van der Waals surface area (Å²) >= 11 is 3.42. The van der Waals surface area contributed by atoms with E-state index in [0.29, 0.717) is 55.7 Å². The van der Waals surface area contributed by atoms with E-state index in [9.17, 15) is 18.0 Å². The van der Waals surface area contributed by atoms with Crippen LogP contribution in [-0.4, -0.2) is 48.6 Å². The van der Waals surface area contributed by atoms with Crippen molar-refractivity contribution < 1.29 is 17.9 Å². The van der Waals surface area contributed by atoms with Crippen LogP contribution in [0, 0.1) is 11.8 Å². The molecule has 1 amide bonds. The average Bonchev–Trinajstić information content (AvgIpc) is 3.57. The predicted molar refractivity (Wildman–Crippen MR) is 134 cm³/mol. The van der Waals surface area contributed by atoms with E-state index in [1.165, 1.54) is 10.5 Å². The molecule has 1 aromatic heterocycles. The van der Waals surface area contributed by atoms with Gasteiger partial charge in [0.05, 0.1) is 0 Å². The second-order valence-corrected chi connectivity index (χ2v) is 13.1. The Kier molecular flexibility index (Phi) is 7.13. The fourth-order valence-electron chi connectivity index (χ4n) is 4.29. The number of alkyl carbamates (subject to hydrolysis) is 1.